The molecule has 0 bridgehead atoms. The highest BCUT2D eigenvalue weighted by atomic mass is 16.6. The van der Waals surface area contributed by atoms with Crippen molar-refractivity contribution in [2.45, 2.75) is 25.0 Å². The van der Waals surface area contributed by atoms with Crippen LogP contribution in [0.25, 0.3) is 11.1 Å². The summed E-state index contributed by atoms with van der Waals surface area (Å²) in [6.07, 6.45) is 1.38. The quantitative estimate of drug-likeness (QED) is 0.341. The van der Waals surface area contributed by atoms with Gasteiger partial charge in [0, 0.05) is 18.2 Å². The van der Waals surface area contributed by atoms with Gasteiger partial charge in [-0.3, -0.25) is 0 Å². The van der Waals surface area contributed by atoms with E-state index in [2.05, 4.69) is 0 Å². The van der Waals surface area contributed by atoms with Crippen LogP contribution < -0.4 is 14.2 Å². The maximum Gasteiger partial charge on any atom is 0.338 e. The monoisotopic (exact) mass is 472 g/mol. The number of esters is 2. The summed E-state index contributed by atoms with van der Waals surface area (Å²) in [5.41, 5.74) is 2.25. The van der Waals surface area contributed by atoms with Gasteiger partial charge in [-0.05, 0) is 42.7 Å². The second-order valence-corrected chi connectivity index (χ2v) is 8.12. The summed E-state index contributed by atoms with van der Waals surface area (Å²) in [5.74, 6) is 0.630. The molecule has 1 saturated carbocycles. The number of fused-ring (bicyclic) bond motifs is 1. The zero-order valence-electron chi connectivity index (χ0n) is 19.5. The minimum Gasteiger partial charge on any atom is -0.493 e. The van der Waals surface area contributed by atoms with Crippen LogP contribution in [0.5, 0.6) is 17.2 Å². The number of hydrogen-bond donors (Lipinski definition) is 0. The average molecular weight is 472 g/mol. The molecule has 0 saturated heterocycles. The summed E-state index contributed by atoms with van der Waals surface area (Å²) < 4.78 is 38.2. The first kappa shape index (κ1) is 23.8. The Balaban J connectivity index is 1.54. The van der Waals surface area contributed by atoms with Gasteiger partial charge >= 0.3 is 11.9 Å². The molecule has 0 atom stereocenters. The van der Waals surface area contributed by atoms with E-state index in [0.717, 1.165) is 16.7 Å². The molecule has 0 unspecified atom stereocenters. The molecule has 0 radical (unpaired) electrons. The molecule has 1 aliphatic carbocycles. The molecule has 34 heavy (non-hydrogen) atoms. The minimum atomic E-state index is -0.703. The Bertz CT molecular complexity index is 1060. The zero-order chi connectivity index (χ0) is 24.1. The molecule has 9 nitrogen and oxygen atoms in total. The first-order chi connectivity index (χ1) is 16.5. The number of cyclic esters (lactones) is 1. The number of carbonyl (C=O) groups excluding carboxylic acids is 2. The van der Waals surface area contributed by atoms with Gasteiger partial charge in [0.1, 0.15) is 25.4 Å². The molecular formula is C25H28O9. The topological polar surface area (TPSA) is 98.8 Å². The van der Waals surface area contributed by atoms with Gasteiger partial charge in [-0.1, -0.05) is 6.07 Å². The molecule has 1 aliphatic heterocycles. The SMILES string of the molecule is COCCOCC(=O)OC1(COc2c(-c3ccc4c(c3)COC4=O)ccc(OC)c2OC)CC1. The maximum atomic E-state index is 12.2. The standard InChI is InChI=1S/C25H28O9/c1-28-10-11-31-14-21(26)34-25(8-9-25)15-33-22-18(6-7-20(29-2)23(22)30-3)16-4-5-19-17(12-16)13-32-24(19)27/h4-7,12H,8-11,13-15H2,1-3H3. The van der Waals surface area contributed by atoms with Crippen LogP contribution in [0, 0.1) is 0 Å². The third-order valence-electron chi connectivity index (χ3n) is 5.76. The molecular weight excluding hydrogens is 444 g/mol. The van der Waals surface area contributed by atoms with Gasteiger partial charge in [0.05, 0.1) is 33.0 Å². The number of benzene rings is 2. The largest absolute Gasteiger partial charge is 0.493 e. The maximum absolute atomic E-state index is 12.2. The van der Waals surface area contributed by atoms with Crippen LogP contribution in [0.3, 0.4) is 0 Å². The third-order valence-corrected chi connectivity index (χ3v) is 5.76. The Hall–Kier alpha value is -3.30. The molecule has 2 aromatic rings. The molecule has 0 N–H and O–H groups in total. The van der Waals surface area contributed by atoms with E-state index in [-0.39, 0.29) is 25.8 Å². The van der Waals surface area contributed by atoms with Crippen molar-refractivity contribution in [3.63, 3.8) is 0 Å². The van der Waals surface area contributed by atoms with Crippen LogP contribution >= 0.6 is 0 Å². The average Bonchev–Trinajstić information content (AvgIpc) is 3.52. The fourth-order valence-corrected chi connectivity index (χ4v) is 3.76. The summed E-state index contributed by atoms with van der Waals surface area (Å²) in [6.45, 7) is 0.964. The summed E-state index contributed by atoms with van der Waals surface area (Å²) in [5, 5.41) is 0. The van der Waals surface area contributed by atoms with E-state index in [1.54, 1.807) is 26.4 Å². The van der Waals surface area contributed by atoms with Crippen molar-refractivity contribution in [3.05, 3.63) is 41.5 Å². The lowest BCUT2D eigenvalue weighted by molar-refractivity contribution is -0.158. The van der Waals surface area contributed by atoms with E-state index in [0.29, 0.717) is 48.9 Å². The molecule has 0 amide bonds. The van der Waals surface area contributed by atoms with E-state index < -0.39 is 11.6 Å². The van der Waals surface area contributed by atoms with Crippen LogP contribution in [-0.4, -0.2) is 65.3 Å². The first-order valence-corrected chi connectivity index (χ1v) is 11.0. The lowest BCUT2D eigenvalue weighted by Crippen LogP contribution is -2.29. The van der Waals surface area contributed by atoms with Crippen LogP contribution in [0.4, 0.5) is 0 Å². The molecule has 1 fully saturated rings. The van der Waals surface area contributed by atoms with Crippen molar-refractivity contribution in [1.82, 2.24) is 0 Å². The highest BCUT2D eigenvalue weighted by Gasteiger charge is 2.48. The van der Waals surface area contributed by atoms with Gasteiger partial charge < -0.3 is 33.2 Å². The molecule has 9 heteroatoms. The second kappa shape index (κ2) is 10.3. The molecule has 0 spiro atoms. The zero-order valence-corrected chi connectivity index (χ0v) is 19.5. The number of hydrogen-bond acceptors (Lipinski definition) is 9. The number of methoxy groups -OCH3 is 3. The Morgan fingerprint density at radius 2 is 1.79 bits per heavy atom. The van der Waals surface area contributed by atoms with Crippen molar-refractivity contribution < 1.29 is 42.7 Å². The van der Waals surface area contributed by atoms with Crippen molar-refractivity contribution in [2.24, 2.45) is 0 Å². The van der Waals surface area contributed by atoms with E-state index >= 15 is 0 Å². The lowest BCUT2D eigenvalue weighted by Gasteiger charge is -2.21. The summed E-state index contributed by atoms with van der Waals surface area (Å²) in [4.78, 5) is 24.0. The Labute approximate surface area is 197 Å². The smallest absolute Gasteiger partial charge is 0.338 e. The predicted molar refractivity (Wildman–Crippen MR) is 120 cm³/mol. The molecule has 0 aromatic heterocycles. The van der Waals surface area contributed by atoms with Gasteiger partial charge in [0.25, 0.3) is 0 Å². The molecule has 2 aromatic carbocycles. The van der Waals surface area contributed by atoms with Gasteiger partial charge in [-0.25, -0.2) is 9.59 Å². The predicted octanol–water partition coefficient (Wildman–Crippen LogP) is 3.16. The third kappa shape index (κ3) is 5.10. The lowest BCUT2D eigenvalue weighted by atomic mass is 9.99. The Kier molecular flexibility index (Phi) is 7.23. The van der Waals surface area contributed by atoms with E-state index in [1.165, 1.54) is 7.11 Å². The first-order valence-electron chi connectivity index (χ1n) is 11.0. The number of carbonyl (C=O) groups is 2. The van der Waals surface area contributed by atoms with Crippen LogP contribution in [-0.2, 0) is 30.3 Å². The summed E-state index contributed by atoms with van der Waals surface area (Å²) in [7, 11) is 4.65. The summed E-state index contributed by atoms with van der Waals surface area (Å²) >= 11 is 0. The molecule has 1 heterocycles. The van der Waals surface area contributed by atoms with E-state index in [1.807, 2.05) is 18.2 Å². The van der Waals surface area contributed by atoms with Crippen LogP contribution in [0.2, 0.25) is 0 Å². The highest BCUT2D eigenvalue weighted by Crippen LogP contribution is 2.47. The molecule has 2 aliphatic rings. The van der Waals surface area contributed by atoms with Crippen molar-refractivity contribution in [1.29, 1.82) is 0 Å². The van der Waals surface area contributed by atoms with Crippen LogP contribution in [0.1, 0.15) is 28.8 Å². The van der Waals surface area contributed by atoms with Crippen molar-refractivity contribution in [3.8, 4) is 28.4 Å². The Morgan fingerprint density at radius 3 is 2.50 bits per heavy atom. The van der Waals surface area contributed by atoms with Gasteiger partial charge in [-0.15, -0.1) is 0 Å². The fraction of sp³-hybridized carbons (Fsp3) is 0.440. The van der Waals surface area contributed by atoms with Gasteiger partial charge in [0.15, 0.2) is 11.5 Å². The van der Waals surface area contributed by atoms with Gasteiger partial charge in [0.2, 0.25) is 5.75 Å². The normalized spacial score (nSPS) is 15.3. The van der Waals surface area contributed by atoms with Crippen LogP contribution in [0.15, 0.2) is 30.3 Å². The molecule has 182 valence electrons. The van der Waals surface area contributed by atoms with E-state index in [9.17, 15) is 9.59 Å². The summed E-state index contributed by atoms with van der Waals surface area (Å²) in [6, 6.07) is 9.14. The molecule has 4 rings (SSSR count). The van der Waals surface area contributed by atoms with Crippen molar-refractivity contribution in [2.75, 3.05) is 47.8 Å². The Morgan fingerprint density at radius 1 is 1.00 bits per heavy atom. The second-order valence-electron chi connectivity index (χ2n) is 8.12. The number of rotatable bonds is 12. The number of ether oxygens (including phenoxy) is 7. The van der Waals surface area contributed by atoms with E-state index in [4.69, 9.17) is 33.2 Å². The highest BCUT2D eigenvalue weighted by molar-refractivity contribution is 5.94. The van der Waals surface area contributed by atoms with Gasteiger partial charge in [-0.2, -0.15) is 0 Å². The fourth-order valence-electron chi connectivity index (χ4n) is 3.76. The minimum absolute atomic E-state index is 0.144. The van der Waals surface area contributed by atoms with Crippen molar-refractivity contribution >= 4 is 11.9 Å².